The van der Waals surface area contributed by atoms with Gasteiger partial charge in [-0.05, 0) is 79.3 Å². The summed E-state index contributed by atoms with van der Waals surface area (Å²) >= 11 is 1.83. The van der Waals surface area contributed by atoms with Gasteiger partial charge in [0.1, 0.15) is 12.3 Å². The second kappa shape index (κ2) is 13.4. The number of fused-ring (bicyclic) bond motifs is 1. The SMILES string of the molecule is CCCN(CCc1cccs1)[C@H]1CCc2c(cccc2OC(=O)CNC(=O)CCc2ccccc2)C1. The van der Waals surface area contributed by atoms with Crippen LogP contribution in [-0.2, 0) is 35.3 Å². The Bertz CT molecular complexity index is 1110. The van der Waals surface area contributed by atoms with Crippen LogP contribution in [0.4, 0.5) is 0 Å². The molecule has 5 nitrogen and oxygen atoms in total. The third-order valence-corrected chi connectivity index (χ3v) is 7.74. The number of carbonyl (C=O) groups is 2. The van der Waals surface area contributed by atoms with E-state index in [1.807, 2.05) is 53.8 Å². The molecule has 1 aromatic heterocycles. The molecule has 36 heavy (non-hydrogen) atoms. The van der Waals surface area contributed by atoms with E-state index in [1.54, 1.807) is 0 Å². The molecule has 1 atom stereocenters. The van der Waals surface area contributed by atoms with E-state index in [1.165, 1.54) is 10.4 Å². The van der Waals surface area contributed by atoms with Crippen molar-refractivity contribution in [2.75, 3.05) is 19.6 Å². The second-order valence-corrected chi connectivity index (χ2v) is 10.4. The number of ether oxygens (including phenoxy) is 1. The van der Waals surface area contributed by atoms with E-state index in [0.717, 1.165) is 56.3 Å². The maximum absolute atomic E-state index is 12.5. The lowest BCUT2D eigenvalue weighted by Gasteiger charge is -2.35. The van der Waals surface area contributed by atoms with Crippen molar-refractivity contribution in [3.63, 3.8) is 0 Å². The highest BCUT2D eigenvalue weighted by Gasteiger charge is 2.26. The van der Waals surface area contributed by atoms with Crippen LogP contribution >= 0.6 is 11.3 Å². The number of thiophene rings is 1. The molecule has 0 radical (unpaired) electrons. The van der Waals surface area contributed by atoms with Crippen LogP contribution in [0, 0.1) is 0 Å². The Morgan fingerprint density at radius 2 is 1.89 bits per heavy atom. The summed E-state index contributed by atoms with van der Waals surface area (Å²) in [5.74, 6) is 0.0598. The topological polar surface area (TPSA) is 58.6 Å². The number of rotatable bonds is 12. The van der Waals surface area contributed by atoms with Gasteiger partial charge >= 0.3 is 5.97 Å². The highest BCUT2D eigenvalue weighted by atomic mass is 32.1. The lowest BCUT2D eigenvalue weighted by Crippen LogP contribution is -2.41. The standard InChI is InChI=1S/C30H36N2O3S/c1-2-18-32(19-17-26-11-7-20-36-26)25-14-15-27-24(21-25)10-6-12-28(27)35-30(34)22-31-29(33)16-13-23-8-4-3-5-9-23/h3-12,20,25H,2,13-19,21-22H2,1H3,(H,31,33)/t25-/m0/s1. The van der Waals surface area contributed by atoms with E-state index >= 15 is 0 Å². The summed E-state index contributed by atoms with van der Waals surface area (Å²) in [7, 11) is 0. The molecule has 4 rings (SSSR count). The van der Waals surface area contributed by atoms with Crippen LogP contribution in [0.25, 0.3) is 0 Å². The zero-order chi connectivity index (χ0) is 25.2. The number of nitrogens with zero attached hydrogens (tertiary/aromatic N) is 1. The van der Waals surface area contributed by atoms with E-state index in [9.17, 15) is 9.59 Å². The van der Waals surface area contributed by atoms with Gasteiger partial charge in [-0.3, -0.25) is 9.69 Å². The number of amides is 1. The summed E-state index contributed by atoms with van der Waals surface area (Å²) in [6, 6.07) is 20.7. The quantitative estimate of drug-likeness (QED) is 0.272. The molecule has 0 unspecified atom stereocenters. The molecular weight excluding hydrogens is 468 g/mol. The highest BCUT2D eigenvalue weighted by molar-refractivity contribution is 7.09. The Kier molecular flexibility index (Phi) is 9.70. The Hall–Kier alpha value is -2.96. The number of hydrogen-bond donors (Lipinski definition) is 1. The molecular formula is C30H36N2O3S. The molecule has 0 saturated carbocycles. The Morgan fingerprint density at radius 1 is 1.03 bits per heavy atom. The van der Waals surface area contributed by atoms with E-state index in [-0.39, 0.29) is 12.5 Å². The number of nitrogens with one attached hydrogen (secondary N) is 1. The summed E-state index contributed by atoms with van der Waals surface area (Å²) in [5.41, 5.74) is 3.50. The minimum atomic E-state index is -0.429. The maximum Gasteiger partial charge on any atom is 0.330 e. The zero-order valence-corrected chi connectivity index (χ0v) is 21.9. The molecule has 1 aliphatic carbocycles. The summed E-state index contributed by atoms with van der Waals surface area (Å²) < 4.78 is 5.70. The fraction of sp³-hybridized carbons (Fsp3) is 0.400. The third-order valence-electron chi connectivity index (χ3n) is 6.80. The van der Waals surface area contributed by atoms with E-state index in [4.69, 9.17) is 4.74 Å². The first-order chi connectivity index (χ1) is 17.6. The van der Waals surface area contributed by atoms with Crippen LogP contribution in [0.3, 0.4) is 0 Å². The molecule has 1 N–H and O–H groups in total. The Morgan fingerprint density at radius 3 is 2.67 bits per heavy atom. The van der Waals surface area contributed by atoms with Crippen molar-refractivity contribution in [3.05, 3.63) is 87.6 Å². The summed E-state index contributed by atoms with van der Waals surface area (Å²) in [6.07, 6.45) is 6.16. The molecule has 6 heteroatoms. The number of aryl methyl sites for hydroxylation is 1. The first-order valence-electron chi connectivity index (χ1n) is 13.0. The van der Waals surface area contributed by atoms with E-state index in [2.05, 4.69) is 40.7 Å². The second-order valence-electron chi connectivity index (χ2n) is 9.39. The van der Waals surface area contributed by atoms with Gasteiger partial charge in [-0.15, -0.1) is 11.3 Å². The summed E-state index contributed by atoms with van der Waals surface area (Å²) in [4.78, 5) is 28.7. The fourth-order valence-electron chi connectivity index (χ4n) is 4.95. The minimum absolute atomic E-state index is 0.118. The predicted octanol–water partition coefficient (Wildman–Crippen LogP) is 5.21. The molecule has 0 saturated heterocycles. The minimum Gasteiger partial charge on any atom is -0.425 e. The zero-order valence-electron chi connectivity index (χ0n) is 21.1. The van der Waals surface area contributed by atoms with Crippen molar-refractivity contribution in [1.29, 1.82) is 0 Å². The molecule has 190 valence electrons. The predicted molar refractivity (Wildman–Crippen MR) is 146 cm³/mol. The van der Waals surface area contributed by atoms with Crippen LogP contribution in [0.1, 0.15) is 47.8 Å². The molecule has 1 heterocycles. The summed E-state index contributed by atoms with van der Waals surface area (Å²) in [5, 5.41) is 4.84. The van der Waals surface area contributed by atoms with Crippen LogP contribution in [0.2, 0.25) is 0 Å². The molecule has 0 spiro atoms. The van der Waals surface area contributed by atoms with Crippen molar-refractivity contribution in [2.24, 2.45) is 0 Å². The monoisotopic (exact) mass is 504 g/mol. The lowest BCUT2D eigenvalue weighted by atomic mass is 9.86. The van der Waals surface area contributed by atoms with E-state index in [0.29, 0.717) is 24.6 Å². The van der Waals surface area contributed by atoms with Gasteiger partial charge in [0, 0.05) is 23.9 Å². The number of carbonyl (C=O) groups excluding carboxylic acids is 2. The fourth-order valence-corrected chi connectivity index (χ4v) is 5.65. The van der Waals surface area contributed by atoms with Gasteiger partial charge in [-0.2, -0.15) is 0 Å². The normalized spacial score (nSPS) is 14.9. The number of hydrogen-bond acceptors (Lipinski definition) is 5. The van der Waals surface area contributed by atoms with Gasteiger partial charge in [0.25, 0.3) is 0 Å². The van der Waals surface area contributed by atoms with Gasteiger partial charge in [-0.25, -0.2) is 4.79 Å². The summed E-state index contributed by atoms with van der Waals surface area (Å²) in [6.45, 7) is 4.30. The van der Waals surface area contributed by atoms with Gasteiger partial charge in [-0.1, -0.05) is 55.5 Å². The van der Waals surface area contributed by atoms with E-state index < -0.39 is 5.97 Å². The van der Waals surface area contributed by atoms with Crippen molar-refractivity contribution in [3.8, 4) is 5.75 Å². The van der Waals surface area contributed by atoms with Crippen molar-refractivity contribution < 1.29 is 14.3 Å². The molecule has 2 aromatic carbocycles. The van der Waals surface area contributed by atoms with Gasteiger partial charge in [0.15, 0.2) is 0 Å². The lowest BCUT2D eigenvalue weighted by molar-refractivity contribution is -0.135. The third kappa shape index (κ3) is 7.52. The first-order valence-corrected chi connectivity index (χ1v) is 13.9. The maximum atomic E-state index is 12.5. The number of benzene rings is 2. The molecule has 0 aliphatic heterocycles. The smallest absolute Gasteiger partial charge is 0.330 e. The van der Waals surface area contributed by atoms with Gasteiger partial charge < -0.3 is 10.1 Å². The average Bonchev–Trinajstić information content (AvgIpc) is 3.43. The Labute approximate surface area is 218 Å². The van der Waals surface area contributed by atoms with Crippen LogP contribution in [0.5, 0.6) is 5.75 Å². The van der Waals surface area contributed by atoms with Crippen molar-refractivity contribution in [1.82, 2.24) is 10.2 Å². The number of esters is 1. The largest absolute Gasteiger partial charge is 0.425 e. The van der Waals surface area contributed by atoms with Crippen LogP contribution < -0.4 is 10.1 Å². The van der Waals surface area contributed by atoms with Gasteiger partial charge in [0.05, 0.1) is 0 Å². The molecule has 1 aliphatic rings. The van der Waals surface area contributed by atoms with Crippen LogP contribution in [-0.4, -0.2) is 42.5 Å². The molecule has 0 bridgehead atoms. The Balaban J connectivity index is 1.28. The van der Waals surface area contributed by atoms with Crippen LogP contribution in [0.15, 0.2) is 66.0 Å². The molecule has 0 fully saturated rings. The van der Waals surface area contributed by atoms with Crippen molar-refractivity contribution in [2.45, 2.75) is 57.9 Å². The highest BCUT2D eigenvalue weighted by Crippen LogP contribution is 2.32. The van der Waals surface area contributed by atoms with Crippen molar-refractivity contribution >= 4 is 23.2 Å². The van der Waals surface area contributed by atoms with Gasteiger partial charge in [0.2, 0.25) is 5.91 Å². The first kappa shape index (κ1) is 26.1. The molecule has 3 aromatic rings. The average molecular weight is 505 g/mol. The molecule has 1 amide bonds.